The second-order valence-electron chi connectivity index (χ2n) is 4.29. The van der Waals surface area contributed by atoms with Crippen molar-refractivity contribution < 1.29 is 4.79 Å². The lowest BCUT2D eigenvalue weighted by Gasteiger charge is -2.08. The summed E-state index contributed by atoms with van der Waals surface area (Å²) in [6.07, 6.45) is 0. The van der Waals surface area contributed by atoms with Crippen LogP contribution in [0.5, 0.6) is 0 Å². The van der Waals surface area contributed by atoms with E-state index in [-0.39, 0.29) is 5.78 Å². The minimum absolute atomic E-state index is 0.124. The Bertz CT molecular complexity index is 711. The van der Waals surface area contributed by atoms with E-state index in [0.29, 0.717) is 0 Å². The number of rotatable bonds is 2. The molecule has 0 atom stereocenters. The summed E-state index contributed by atoms with van der Waals surface area (Å²) in [7, 11) is 0. The fourth-order valence-corrected chi connectivity index (χ4v) is 2.88. The van der Waals surface area contributed by atoms with Crippen LogP contribution in [0.3, 0.4) is 0 Å². The third-order valence-electron chi connectivity index (χ3n) is 3.11. The summed E-state index contributed by atoms with van der Waals surface area (Å²) < 4.78 is 0. The van der Waals surface area contributed by atoms with E-state index in [1.807, 2.05) is 54.8 Å². The van der Waals surface area contributed by atoms with Crippen molar-refractivity contribution in [2.45, 2.75) is 6.92 Å². The van der Waals surface area contributed by atoms with E-state index in [4.69, 9.17) is 0 Å². The number of carbonyl (C=O) groups excluding carboxylic acids is 1. The van der Waals surface area contributed by atoms with Gasteiger partial charge in [-0.05, 0) is 34.7 Å². The van der Waals surface area contributed by atoms with E-state index < -0.39 is 0 Å². The maximum atomic E-state index is 12.6. The third-order valence-corrected chi connectivity index (χ3v) is 3.98. The van der Waals surface area contributed by atoms with Gasteiger partial charge in [-0.25, -0.2) is 0 Å². The van der Waals surface area contributed by atoms with Crippen molar-refractivity contribution in [1.82, 2.24) is 0 Å². The highest BCUT2D eigenvalue weighted by atomic mass is 32.1. The highest BCUT2D eigenvalue weighted by molar-refractivity contribution is 7.12. The summed E-state index contributed by atoms with van der Waals surface area (Å²) in [4.78, 5) is 13.4. The van der Waals surface area contributed by atoms with Crippen LogP contribution < -0.4 is 0 Å². The zero-order chi connectivity index (χ0) is 12.5. The van der Waals surface area contributed by atoms with Gasteiger partial charge in [-0.2, -0.15) is 0 Å². The van der Waals surface area contributed by atoms with Crippen LogP contribution in [0.25, 0.3) is 10.8 Å². The molecule has 1 nitrogen and oxygen atoms in total. The van der Waals surface area contributed by atoms with Gasteiger partial charge in [0, 0.05) is 5.56 Å². The maximum absolute atomic E-state index is 12.6. The number of aryl methyl sites for hydroxylation is 1. The van der Waals surface area contributed by atoms with Gasteiger partial charge in [0.1, 0.15) is 0 Å². The van der Waals surface area contributed by atoms with Crippen molar-refractivity contribution in [3.8, 4) is 0 Å². The molecule has 1 heterocycles. The third kappa shape index (κ3) is 1.75. The Balaban J connectivity index is 2.28. The van der Waals surface area contributed by atoms with Gasteiger partial charge in [-0.15, -0.1) is 11.3 Å². The number of carbonyl (C=O) groups is 1. The highest BCUT2D eigenvalue weighted by Gasteiger charge is 2.15. The monoisotopic (exact) mass is 252 g/mol. The average molecular weight is 252 g/mol. The largest absolute Gasteiger partial charge is 0.288 e. The van der Waals surface area contributed by atoms with Gasteiger partial charge in [0.05, 0.1) is 4.88 Å². The van der Waals surface area contributed by atoms with Crippen LogP contribution in [0.4, 0.5) is 0 Å². The standard InChI is InChI=1S/C16H12OS/c1-11-8-9-12-5-2-3-6-13(12)15(11)16(17)14-7-4-10-18-14/h2-10H,1H3. The molecule has 0 aliphatic rings. The zero-order valence-electron chi connectivity index (χ0n) is 10.0. The molecule has 0 fully saturated rings. The van der Waals surface area contributed by atoms with Crippen molar-refractivity contribution in [3.63, 3.8) is 0 Å². The average Bonchev–Trinajstić information content (AvgIpc) is 2.92. The number of ketones is 1. The van der Waals surface area contributed by atoms with Crippen LogP contribution in [0.15, 0.2) is 53.9 Å². The molecule has 2 heteroatoms. The number of benzene rings is 2. The first-order valence-corrected chi connectivity index (χ1v) is 6.72. The van der Waals surface area contributed by atoms with Crippen molar-refractivity contribution in [1.29, 1.82) is 0 Å². The molecule has 0 spiro atoms. The number of hydrogen-bond acceptors (Lipinski definition) is 2. The molecule has 18 heavy (non-hydrogen) atoms. The predicted octanol–water partition coefficient (Wildman–Crippen LogP) is 4.44. The van der Waals surface area contributed by atoms with E-state index in [1.165, 1.54) is 11.3 Å². The van der Waals surface area contributed by atoms with Gasteiger partial charge in [-0.1, -0.05) is 42.5 Å². The molecular weight excluding hydrogens is 240 g/mol. The molecule has 3 rings (SSSR count). The van der Waals surface area contributed by atoms with E-state index in [9.17, 15) is 4.79 Å². The Hall–Kier alpha value is -1.93. The summed E-state index contributed by atoms with van der Waals surface area (Å²) in [5.41, 5.74) is 1.86. The lowest BCUT2D eigenvalue weighted by Crippen LogP contribution is -2.02. The summed E-state index contributed by atoms with van der Waals surface area (Å²) >= 11 is 1.49. The summed E-state index contributed by atoms with van der Waals surface area (Å²) in [5.74, 6) is 0.124. The topological polar surface area (TPSA) is 17.1 Å². The summed E-state index contributed by atoms with van der Waals surface area (Å²) in [6, 6.07) is 15.9. The van der Waals surface area contributed by atoms with Crippen molar-refractivity contribution in [2.75, 3.05) is 0 Å². The van der Waals surface area contributed by atoms with E-state index in [0.717, 1.165) is 26.8 Å². The first kappa shape index (κ1) is 11.2. The normalized spacial score (nSPS) is 10.7. The number of thiophene rings is 1. The van der Waals surface area contributed by atoms with Crippen LogP contribution in [0.2, 0.25) is 0 Å². The van der Waals surface area contributed by atoms with Crippen LogP contribution in [-0.4, -0.2) is 5.78 Å². The predicted molar refractivity (Wildman–Crippen MR) is 76.4 cm³/mol. The Labute approximate surface area is 110 Å². The molecule has 88 valence electrons. The van der Waals surface area contributed by atoms with Gasteiger partial charge in [0.2, 0.25) is 5.78 Å². The minimum atomic E-state index is 0.124. The number of hydrogen-bond donors (Lipinski definition) is 0. The first-order valence-electron chi connectivity index (χ1n) is 5.84. The zero-order valence-corrected chi connectivity index (χ0v) is 10.8. The van der Waals surface area contributed by atoms with E-state index in [2.05, 4.69) is 6.07 Å². The van der Waals surface area contributed by atoms with Crippen LogP contribution in [0.1, 0.15) is 20.8 Å². The van der Waals surface area contributed by atoms with E-state index >= 15 is 0 Å². The lowest BCUT2D eigenvalue weighted by molar-refractivity contribution is 0.104. The van der Waals surface area contributed by atoms with Gasteiger partial charge >= 0.3 is 0 Å². The molecule has 0 bridgehead atoms. The maximum Gasteiger partial charge on any atom is 0.203 e. The Morgan fingerprint density at radius 3 is 2.61 bits per heavy atom. The molecule has 0 saturated heterocycles. The summed E-state index contributed by atoms with van der Waals surface area (Å²) in [6.45, 7) is 1.99. The quantitative estimate of drug-likeness (QED) is 0.616. The van der Waals surface area contributed by atoms with Crippen LogP contribution in [-0.2, 0) is 0 Å². The van der Waals surface area contributed by atoms with Gasteiger partial charge in [0.25, 0.3) is 0 Å². The van der Waals surface area contributed by atoms with Gasteiger partial charge in [0.15, 0.2) is 0 Å². The fraction of sp³-hybridized carbons (Fsp3) is 0.0625. The Morgan fingerprint density at radius 1 is 1.00 bits per heavy atom. The van der Waals surface area contributed by atoms with Crippen molar-refractivity contribution in [2.24, 2.45) is 0 Å². The molecule has 0 N–H and O–H groups in total. The second kappa shape index (κ2) is 4.39. The molecule has 1 aromatic heterocycles. The first-order chi connectivity index (χ1) is 8.77. The smallest absolute Gasteiger partial charge is 0.203 e. The molecule has 3 aromatic rings. The highest BCUT2D eigenvalue weighted by Crippen LogP contribution is 2.26. The molecule has 0 amide bonds. The van der Waals surface area contributed by atoms with Crippen molar-refractivity contribution in [3.05, 3.63) is 69.9 Å². The summed E-state index contributed by atoms with van der Waals surface area (Å²) in [5, 5.41) is 4.09. The molecule has 0 unspecified atom stereocenters. The second-order valence-corrected chi connectivity index (χ2v) is 5.23. The fourth-order valence-electron chi connectivity index (χ4n) is 2.21. The van der Waals surface area contributed by atoms with Gasteiger partial charge < -0.3 is 0 Å². The Morgan fingerprint density at radius 2 is 1.83 bits per heavy atom. The molecule has 2 aromatic carbocycles. The van der Waals surface area contributed by atoms with Gasteiger partial charge in [-0.3, -0.25) is 4.79 Å². The number of fused-ring (bicyclic) bond motifs is 1. The molecule has 0 aliphatic carbocycles. The minimum Gasteiger partial charge on any atom is -0.288 e. The molecule has 0 saturated carbocycles. The van der Waals surface area contributed by atoms with E-state index in [1.54, 1.807) is 0 Å². The molecular formula is C16H12OS. The molecule has 0 aliphatic heterocycles. The van der Waals surface area contributed by atoms with Crippen LogP contribution in [0, 0.1) is 6.92 Å². The molecule has 0 radical (unpaired) electrons. The SMILES string of the molecule is Cc1ccc2ccccc2c1C(=O)c1cccs1. The lowest BCUT2D eigenvalue weighted by atomic mass is 9.96. The van der Waals surface area contributed by atoms with Crippen molar-refractivity contribution >= 4 is 27.9 Å². The van der Waals surface area contributed by atoms with Crippen LogP contribution >= 0.6 is 11.3 Å². The Kier molecular flexibility index (Phi) is 2.73.